The summed E-state index contributed by atoms with van der Waals surface area (Å²) in [4.78, 5) is 2.45. The summed E-state index contributed by atoms with van der Waals surface area (Å²) < 4.78 is 12.8. The van der Waals surface area contributed by atoms with Crippen molar-refractivity contribution in [3.05, 3.63) is 223 Å². The van der Waals surface area contributed by atoms with Gasteiger partial charge < -0.3 is 13.7 Å². The smallest absolute Gasteiger partial charge is 0.136 e. The first-order valence-corrected chi connectivity index (χ1v) is 24.1. The third kappa shape index (κ3) is 7.37. The van der Waals surface area contributed by atoms with Crippen molar-refractivity contribution in [3.63, 3.8) is 0 Å². The van der Waals surface area contributed by atoms with Crippen LogP contribution in [-0.2, 0) is 10.8 Å². The SMILES string of the molecule is CC(C)(C)c1cc(-c2cccc3cccc(-c4ccccc4N(c4cccc(-c5cccc6oc7ccccc7c56)c4)c4cccc(-c5cccc6oc7ccccc7c56)c4)c23)cc(C(C)(C)C)c1. The molecule has 69 heavy (non-hydrogen) atoms. The van der Waals surface area contributed by atoms with Crippen molar-refractivity contribution in [3.8, 4) is 44.5 Å². The van der Waals surface area contributed by atoms with E-state index in [0.29, 0.717) is 0 Å². The molecular formula is C66H53NO2. The maximum absolute atomic E-state index is 6.41. The molecule has 12 aromatic rings. The fraction of sp³-hybridized carbons (Fsp3) is 0.121. The maximum atomic E-state index is 6.41. The first-order valence-electron chi connectivity index (χ1n) is 24.1. The third-order valence-corrected chi connectivity index (χ3v) is 14.0. The highest BCUT2D eigenvalue weighted by molar-refractivity contribution is 6.14. The molecule has 0 aliphatic rings. The van der Waals surface area contributed by atoms with Gasteiger partial charge in [0.2, 0.25) is 0 Å². The number of anilines is 3. The van der Waals surface area contributed by atoms with Gasteiger partial charge in [-0.25, -0.2) is 0 Å². The standard InChI is InChI=1S/C66H53NO2/c1-65(2,3)46-37-45(38-47(41-46)66(4,5)6)52-28-15-19-42-20-16-31-54(62(42)52)53-25-7-10-32-57(53)67(48-23-13-21-43(39-48)50-29-17-35-60-63(50)55-26-8-11-33-58(55)68-60)49-24-14-22-44(40-49)51-30-18-36-61-64(51)56-27-9-12-34-59(56)69-61/h7-41H,1-6H3. The van der Waals surface area contributed by atoms with E-state index in [1.54, 1.807) is 0 Å². The summed E-state index contributed by atoms with van der Waals surface area (Å²) >= 11 is 0. The summed E-state index contributed by atoms with van der Waals surface area (Å²) in [7, 11) is 0. The number of nitrogens with zero attached hydrogens (tertiary/aromatic N) is 1. The quantitative estimate of drug-likeness (QED) is 0.160. The fourth-order valence-electron chi connectivity index (χ4n) is 10.4. The average molecular weight is 892 g/mol. The molecular weight excluding hydrogens is 839 g/mol. The van der Waals surface area contributed by atoms with Gasteiger partial charge >= 0.3 is 0 Å². The molecule has 0 fully saturated rings. The number of fused-ring (bicyclic) bond motifs is 7. The van der Waals surface area contributed by atoms with Crippen LogP contribution in [0.5, 0.6) is 0 Å². The van der Waals surface area contributed by atoms with Crippen molar-refractivity contribution in [2.45, 2.75) is 52.4 Å². The van der Waals surface area contributed by atoms with Crippen LogP contribution >= 0.6 is 0 Å². The maximum Gasteiger partial charge on any atom is 0.136 e. The molecule has 3 nitrogen and oxygen atoms in total. The number of para-hydroxylation sites is 3. The van der Waals surface area contributed by atoms with E-state index in [9.17, 15) is 0 Å². The van der Waals surface area contributed by atoms with Crippen LogP contribution in [0.1, 0.15) is 52.7 Å². The van der Waals surface area contributed by atoms with Crippen molar-refractivity contribution in [2.75, 3.05) is 4.90 Å². The molecule has 0 amide bonds. The van der Waals surface area contributed by atoms with Gasteiger partial charge in [-0.3, -0.25) is 0 Å². The Morgan fingerprint density at radius 3 is 1.28 bits per heavy atom. The summed E-state index contributed by atoms with van der Waals surface area (Å²) in [5, 5.41) is 6.89. The van der Waals surface area contributed by atoms with Crippen LogP contribution in [-0.4, -0.2) is 0 Å². The van der Waals surface area contributed by atoms with Crippen molar-refractivity contribution < 1.29 is 8.83 Å². The van der Waals surface area contributed by atoms with E-state index < -0.39 is 0 Å². The molecule has 0 aliphatic carbocycles. The summed E-state index contributed by atoms with van der Waals surface area (Å²) in [6, 6.07) is 77.2. The molecule has 2 heterocycles. The largest absolute Gasteiger partial charge is 0.456 e. The molecule has 12 rings (SSSR count). The lowest BCUT2D eigenvalue weighted by atomic mass is 9.78. The van der Waals surface area contributed by atoms with E-state index in [-0.39, 0.29) is 10.8 Å². The Morgan fingerprint density at radius 1 is 0.319 bits per heavy atom. The minimum absolute atomic E-state index is 0.0218. The second-order valence-corrected chi connectivity index (χ2v) is 20.5. The van der Waals surface area contributed by atoms with E-state index >= 15 is 0 Å². The summed E-state index contributed by atoms with van der Waals surface area (Å²) in [6.45, 7) is 13.9. The van der Waals surface area contributed by atoms with Crippen LogP contribution in [0.25, 0.3) is 99.2 Å². The van der Waals surface area contributed by atoms with Crippen molar-refractivity contribution in [1.29, 1.82) is 0 Å². The molecule has 0 saturated carbocycles. The number of rotatable bonds is 7. The van der Waals surface area contributed by atoms with Gasteiger partial charge in [-0.05, 0) is 126 Å². The monoisotopic (exact) mass is 891 g/mol. The zero-order valence-corrected chi connectivity index (χ0v) is 40.0. The van der Waals surface area contributed by atoms with Crippen LogP contribution in [0.15, 0.2) is 221 Å². The predicted octanol–water partition coefficient (Wildman–Crippen LogP) is 19.4. The molecule has 0 aliphatic heterocycles. The Kier molecular flexibility index (Phi) is 9.97. The van der Waals surface area contributed by atoms with Crippen LogP contribution in [0.4, 0.5) is 17.1 Å². The number of hydrogen-bond acceptors (Lipinski definition) is 3. The topological polar surface area (TPSA) is 29.5 Å². The van der Waals surface area contributed by atoms with E-state index in [4.69, 9.17) is 8.83 Å². The zero-order chi connectivity index (χ0) is 47.0. The summed E-state index contributed by atoms with van der Waals surface area (Å²) in [6.07, 6.45) is 0. The normalized spacial score (nSPS) is 12.2. The number of furan rings is 2. The van der Waals surface area contributed by atoms with Gasteiger partial charge in [0.25, 0.3) is 0 Å². The Bertz CT molecular complexity index is 3750. The Labute approximate surface area is 403 Å². The van der Waals surface area contributed by atoms with Crippen LogP contribution < -0.4 is 4.90 Å². The first-order chi connectivity index (χ1) is 33.5. The van der Waals surface area contributed by atoms with Gasteiger partial charge in [-0.15, -0.1) is 0 Å². The first kappa shape index (κ1) is 42.2. The van der Waals surface area contributed by atoms with Gasteiger partial charge in [0.15, 0.2) is 0 Å². The van der Waals surface area contributed by atoms with Gasteiger partial charge in [0, 0.05) is 38.5 Å². The average Bonchev–Trinajstić information content (AvgIpc) is 3.95. The minimum Gasteiger partial charge on any atom is -0.456 e. The Balaban J connectivity index is 1.10. The lowest BCUT2D eigenvalue weighted by molar-refractivity contribution is 0.569. The second-order valence-electron chi connectivity index (χ2n) is 20.5. The Morgan fingerprint density at radius 2 is 0.739 bits per heavy atom. The fourth-order valence-corrected chi connectivity index (χ4v) is 10.4. The van der Waals surface area contributed by atoms with Crippen molar-refractivity contribution in [1.82, 2.24) is 0 Å². The van der Waals surface area contributed by atoms with Crippen molar-refractivity contribution in [2.24, 2.45) is 0 Å². The predicted molar refractivity (Wildman–Crippen MR) is 292 cm³/mol. The third-order valence-electron chi connectivity index (χ3n) is 14.0. The highest BCUT2D eigenvalue weighted by Gasteiger charge is 2.25. The Hall–Kier alpha value is -8.14. The van der Waals surface area contributed by atoms with Crippen LogP contribution in [0.3, 0.4) is 0 Å². The molecule has 0 bridgehead atoms. The van der Waals surface area contributed by atoms with Crippen LogP contribution in [0, 0.1) is 0 Å². The van der Waals surface area contributed by atoms with E-state index in [2.05, 4.69) is 247 Å². The van der Waals surface area contributed by atoms with Gasteiger partial charge in [-0.1, -0.05) is 199 Å². The molecule has 3 heteroatoms. The molecule has 334 valence electrons. The zero-order valence-electron chi connectivity index (χ0n) is 40.0. The molecule has 0 atom stereocenters. The van der Waals surface area contributed by atoms with Crippen molar-refractivity contribution >= 4 is 71.7 Å². The lowest BCUT2D eigenvalue weighted by Crippen LogP contribution is -2.16. The molecule has 0 unspecified atom stereocenters. The van der Waals surface area contributed by atoms with Gasteiger partial charge in [0.05, 0.1) is 5.69 Å². The highest BCUT2D eigenvalue weighted by atomic mass is 16.3. The van der Waals surface area contributed by atoms with Gasteiger partial charge in [-0.2, -0.15) is 0 Å². The van der Waals surface area contributed by atoms with E-state index in [1.807, 2.05) is 12.1 Å². The number of benzene rings is 10. The molecule has 0 N–H and O–H groups in total. The van der Waals surface area contributed by atoms with Gasteiger partial charge in [0.1, 0.15) is 22.3 Å². The summed E-state index contributed by atoms with van der Waals surface area (Å²) in [5.41, 5.74) is 18.6. The molecule has 10 aromatic carbocycles. The van der Waals surface area contributed by atoms with E-state index in [0.717, 1.165) is 88.8 Å². The second kappa shape index (κ2) is 16.3. The number of hydrogen-bond donors (Lipinski definition) is 0. The lowest BCUT2D eigenvalue weighted by Gasteiger charge is -2.29. The highest BCUT2D eigenvalue weighted by Crippen LogP contribution is 2.48. The summed E-state index contributed by atoms with van der Waals surface area (Å²) in [5.74, 6) is 0. The minimum atomic E-state index is -0.0218. The van der Waals surface area contributed by atoms with Crippen LogP contribution in [0.2, 0.25) is 0 Å². The molecule has 0 saturated heterocycles. The molecule has 2 aromatic heterocycles. The molecule has 0 radical (unpaired) electrons. The molecule has 0 spiro atoms. The van der Waals surface area contributed by atoms with E-state index in [1.165, 1.54) is 38.6 Å².